The molecule has 7 aliphatic rings. The second-order valence-electron chi connectivity index (χ2n) is 30.5. The Morgan fingerprint density at radius 1 is 0.372 bits per heavy atom. The van der Waals surface area contributed by atoms with Crippen LogP contribution in [-0.2, 0) is 50.9 Å². The van der Waals surface area contributed by atoms with Crippen molar-refractivity contribution >= 4 is 27.5 Å². The zero-order valence-electron chi connectivity index (χ0n) is 71.3. The molecule has 0 saturated carbocycles. The molecule has 6 heterocycles. The summed E-state index contributed by atoms with van der Waals surface area (Å²) in [5.74, 6) is 5.69. The summed E-state index contributed by atoms with van der Waals surface area (Å²) in [6.07, 6.45) is 25.5. The number of unbranched alkanes of at least 4 members (excludes halogenated alkanes) is 4. The Kier molecular flexibility index (Phi) is 45.6. The van der Waals surface area contributed by atoms with Crippen LogP contribution in [0.4, 0.5) is 17.6 Å². The van der Waals surface area contributed by atoms with E-state index in [9.17, 15) is 37.4 Å². The molecular weight excluding hydrogens is 1510 g/mol. The number of rotatable bonds is 27. The first-order valence-electron chi connectivity index (χ1n) is 41.6. The number of ether oxygens (including phenoxy) is 12. The van der Waals surface area contributed by atoms with Gasteiger partial charge in [0.1, 0.15) is 34.5 Å². The van der Waals surface area contributed by atoms with Crippen LogP contribution in [-0.4, -0.2) is 131 Å². The fourth-order valence-corrected chi connectivity index (χ4v) is 14.7. The number of carbonyl (C=O) groups is 2. The minimum atomic E-state index is -0.373. The van der Waals surface area contributed by atoms with E-state index in [-0.39, 0.29) is 106 Å². The van der Waals surface area contributed by atoms with Crippen molar-refractivity contribution in [2.24, 2.45) is 0 Å². The van der Waals surface area contributed by atoms with Crippen molar-refractivity contribution in [3.63, 3.8) is 0 Å². The van der Waals surface area contributed by atoms with Crippen LogP contribution in [0.5, 0.6) is 46.0 Å². The molecule has 11 rings (SSSR count). The summed E-state index contributed by atoms with van der Waals surface area (Å²) in [7, 11) is 0. The molecule has 0 radical (unpaired) electrons. The molecule has 6 atom stereocenters. The van der Waals surface area contributed by atoms with Gasteiger partial charge in [0.2, 0.25) is 0 Å². The van der Waals surface area contributed by atoms with Gasteiger partial charge >= 0.3 is 18.9 Å². The molecule has 6 fully saturated rings. The van der Waals surface area contributed by atoms with Gasteiger partial charge in [-0.15, -0.1) is 22.8 Å². The first kappa shape index (κ1) is 98.2. The maximum Gasteiger partial charge on any atom is 1.00 e. The number of hydrogen-bond donors (Lipinski definition) is 2. The van der Waals surface area contributed by atoms with Gasteiger partial charge in [0.25, 0.3) is 0 Å². The Balaban J connectivity index is 0.000000251. The molecule has 1 aliphatic carbocycles. The smallest absolute Gasteiger partial charge is 0.525 e. The van der Waals surface area contributed by atoms with E-state index in [1.54, 1.807) is 41.5 Å². The van der Waals surface area contributed by atoms with Gasteiger partial charge in [-0.25, -0.2) is 0 Å². The number of alkyl halides is 5. The normalized spacial score (nSPS) is 20.4. The van der Waals surface area contributed by atoms with Gasteiger partial charge in [-0.2, -0.15) is 0 Å². The van der Waals surface area contributed by atoms with Crippen molar-refractivity contribution in [3.05, 3.63) is 112 Å². The van der Waals surface area contributed by atoms with Crippen LogP contribution in [0.2, 0.25) is 0 Å². The van der Waals surface area contributed by atoms with Crippen LogP contribution in [0.3, 0.4) is 0 Å². The van der Waals surface area contributed by atoms with Crippen molar-refractivity contribution in [1.29, 1.82) is 0 Å². The third-order valence-corrected chi connectivity index (χ3v) is 22.7. The van der Waals surface area contributed by atoms with Gasteiger partial charge in [-0.3, -0.25) is 27.2 Å². The first-order chi connectivity index (χ1) is 53.8. The van der Waals surface area contributed by atoms with Gasteiger partial charge in [-0.1, -0.05) is 36.7 Å². The van der Waals surface area contributed by atoms with Crippen molar-refractivity contribution in [2.75, 3.05) is 71.7 Å². The number of benzene rings is 4. The molecule has 0 spiro atoms. The van der Waals surface area contributed by atoms with Crippen LogP contribution in [0.1, 0.15) is 272 Å². The summed E-state index contributed by atoms with van der Waals surface area (Å²) in [5, 5.41) is 20.8. The molecule has 630 valence electrons. The minimum Gasteiger partial charge on any atom is -0.525 e. The molecule has 0 bridgehead atoms. The number of Topliss-reactive ketones (excluding diaryl/α,β-unsaturated/α-hetero) is 2. The molecular formula is C91H134BrF4LiO16. The van der Waals surface area contributed by atoms with Crippen LogP contribution in [0.25, 0.3) is 0 Å². The van der Waals surface area contributed by atoms with E-state index in [0.717, 1.165) is 263 Å². The zero-order valence-corrected chi connectivity index (χ0v) is 72.9. The maximum absolute atomic E-state index is 12.7. The Morgan fingerprint density at radius 3 is 1.17 bits per heavy atom. The van der Waals surface area contributed by atoms with E-state index < -0.39 is 0 Å². The summed E-state index contributed by atoms with van der Waals surface area (Å²) in [4.78, 5) is 23.7. The fourth-order valence-electron chi connectivity index (χ4n) is 14.3. The topological polar surface area (TPSA) is 185 Å². The molecule has 6 unspecified atom stereocenters. The quantitative estimate of drug-likeness (QED) is 0.0109. The van der Waals surface area contributed by atoms with Crippen LogP contribution in [0, 0.1) is 89.2 Å². The van der Waals surface area contributed by atoms with E-state index in [1.165, 1.54) is 12.8 Å². The van der Waals surface area contributed by atoms with Gasteiger partial charge in [0.15, 0.2) is 49.3 Å². The summed E-state index contributed by atoms with van der Waals surface area (Å²) in [6.45, 7) is 32.5. The number of halogens is 5. The zero-order chi connectivity index (χ0) is 81.8. The van der Waals surface area contributed by atoms with Gasteiger partial charge in [-0.05, 0) is 287 Å². The molecule has 6 saturated heterocycles. The number of aromatic hydroxyl groups is 2. The van der Waals surface area contributed by atoms with Gasteiger partial charge in [0.05, 0.1) is 66.3 Å². The average Bonchev–Trinajstić information content (AvgIpc) is 0.783. The molecule has 4 aromatic rings. The van der Waals surface area contributed by atoms with E-state index in [2.05, 4.69) is 83.5 Å². The number of carbonyl (C=O) groups excluding carboxylic acids is 2. The number of phenols is 2. The number of hydrogen-bond acceptors (Lipinski definition) is 16. The standard InChI is InChI=1S/C23H35FO4.C19H28O4.C19H27O4.C13H19FO2.C13H17FO2.C4H8BrF.Li/c1-16-17(2)23(28-21-12-6-9-15-26-21)19(10-4-7-13-24)18(3)22(16)27-20-11-5-8-14-25-20;2*1-13-12-16(22-17-8-4-6-10-20-17)14(2)15(3)19(13)23-18-9-5-7-11-21-18;2*1-8-9(2)13(16)11(6-4-5-7-14)10(3)12(8)15;5-3-1-2-4-6;/h20-21H,4-15H2,1-3H3;12,17-18H,4-11H2,1-3H3;17-18H,4-11H2,1-3H3;15-16H,4-7H2,1-3H3;4-7H2,1-3H3;1-4H2;/q;;-1;;;;+1. The van der Waals surface area contributed by atoms with E-state index in [0.29, 0.717) is 90.3 Å². The predicted octanol–water partition coefficient (Wildman–Crippen LogP) is 19.7. The monoisotopic (exact) mass is 1640 g/mol. The fraction of sp³-hybridized carbons (Fsp3) is 0.670. The molecule has 4 aromatic carbocycles. The third-order valence-electron chi connectivity index (χ3n) is 22.1. The number of ketones is 2. The van der Waals surface area contributed by atoms with Gasteiger partial charge < -0.3 is 67.1 Å². The summed E-state index contributed by atoms with van der Waals surface area (Å²) in [5.41, 5.74) is 15.9. The SMILES string of the molecule is CC1=C(C)C(=O)C(CCCCF)=C(C)C1=O.Cc1[c-]c(OC2CCCCO2)c(C)c(C)c1OC1CCCCO1.Cc1c(C)c(O)c(CCCCF)c(C)c1O.Cc1c(C)c(OC2CCCCO2)c(CCCCF)c(C)c1OC1CCCCO1.Cc1cc(OC2CCCCO2)c(C)c(C)c1OC1CCCCO1.FCCCCBr.[Li+]. The molecule has 113 heavy (non-hydrogen) atoms. The third kappa shape index (κ3) is 30.2. The van der Waals surface area contributed by atoms with E-state index in [1.807, 2.05) is 6.92 Å². The molecule has 16 nitrogen and oxygen atoms in total. The first-order valence-corrected chi connectivity index (χ1v) is 42.7. The van der Waals surface area contributed by atoms with Crippen LogP contribution >= 0.6 is 15.9 Å². The molecule has 6 aliphatic heterocycles. The Hall–Kier alpha value is -5.34. The largest absolute Gasteiger partial charge is 1.00 e. The second kappa shape index (κ2) is 52.5. The Morgan fingerprint density at radius 2 is 0.735 bits per heavy atom. The number of allylic oxidation sites excluding steroid dienone is 4. The Bertz CT molecular complexity index is 3490. The average molecular weight is 1650 g/mol. The van der Waals surface area contributed by atoms with E-state index in [4.69, 9.17) is 56.8 Å². The summed E-state index contributed by atoms with van der Waals surface area (Å²) in [6, 6.07) is 5.41. The summed E-state index contributed by atoms with van der Waals surface area (Å²) < 4.78 is 119. The number of phenolic OH excluding ortho intramolecular Hbond substituents is 2. The maximum atomic E-state index is 12.7. The minimum absolute atomic E-state index is 0. The molecule has 2 N–H and O–H groups in total. The van der Waals surface area contributed by atoms with Crippen molar-refractivity contribution in [1.82, 2.24) is 0 Å². The summed E-state index contributed by atoms with van der Waals surface area (Å²) >= 11 is 3.18. The van der Waals surface area contributed by atoms with E-state index >= 15 is 0 Å². The number of aryl methyl sites for hydroxylation is 2. The second-order valence-corrected chi connectivity index (χ2v) is 31.3. The van der Waals surface area contributed by atoms with Crippen LogP contribution in [0.15, 0.2) is 28.4 Å². The molecule has 0 aromatic heterocycles. The Labute approximate surface area is 694 Å². The molecule has 0 amide bonds. The van der Waals surface area contributed by atoms with Gasteiger partial charge in [0, 0.05) is 88.8 Å². The molecule has 22 heteroatoms. The van der Waals surface area contributed by atoms with Crippen molar-refractivity contribution in [3.8, 4) is 46.0 Å². The predicted molar refractivity (Wildman–Crippen MR) is 438 cm³/mol. The van der Waals surface area contributed by atoms with Crippen LogP contribution < -0.4 is 47.3 Å². The van der Waals surface area contributed by atoms with Crippen molar-refractivity contribution in [2.45, 2.75) is 328 Å². The van der Waals surface area contributed by atoms with Crippen molar-refractivity contribution < 1.29 is 113 Å².